The van der Waals surface area contributed by atoms with E-state index in [4.69, 9.17) is 0 Å². The number of rotatable bonds is 4. The van der Waals surface area contributed by atoms with Gasteiger partial charge in [0, 0.05) is 12.6 Å². The molecular weight excluding hydrogens is 220 g/mol. The monoisotopic (exact) mass is 233 g/mol. The molecule has 0 aliphatic carbocycles. The van der Waals surface area contributed by atoms with Gasteiger partial charge in [-0.15, -0.1) is 6.58 Å². The van der Waals surface area contributed by atoms with Gasteiger partial charge in [0.1, 0.15) is 4.70 Å². The third-order valence-electron chi connectivity index (χ3n) is 2.24. The first-order chi connectivity index (χ1) is 7.81. The number of carbonyl (C=O) groups excluding carboxylic acids is 1. The van der Waals surface area contributed by atoms with Crippen LogP contribution in [0.5, 0.6) is 0 Å². The van der Waals surface area contributed by atoms with Crippen LogP contribution in [0.15, 0.2) is 42.4 Å². The fourth-order valence-electron chi connectivity index (χ4n) is 1.49. The molecule has 1 heterocycles. The number of fused-ring (bicyclic) bond motifs is 1. The van der Waals surface area contributed by atoms with E-state index in [1.807, 2.05) is 28.3 Å². The van der Waals surface area contributed by atoms with Gasteiger partial charge in [0.2, 0.25) is 17.6 Å². The van der Waals surface area contributed by atoms with Gasteiger partial charge >= 0.3 is 0 Å². The predicted molar refractivity (Wildman–Crippen MR) is 65.2 cm³/mol. The van der Waals surface area contributed by atoms with Crippen molar-refractivity contribution in [2.24, 2.45) is 0 Å². The topological polar surface area (TPSA) is 33.0 Å². The Morgan fingerprint density at radius 2 is 2.31 bits per heavy atom. The highest BCUT2D eigenvalue weighted by molar-refractivity contribution is 7.16. The van der Waals surface area contributed by atoms with Gasteiger partial charge in [0.15, 0.2) is 0 Å². The molecule has 0 saturated carbocycles. The predicted octanol–water partition coefficient (Wildman–Crippen LogP) is 1.49. The normalized spacial score (nSPS) is 10.2. The van der Waals surface area contributed by atoms with Crippen molar-refractivity contribution in [3.05, 3.63) is 42.4 Å². The summed E-state index contributed by atoms with van der Waals surface area (Å²) in [4.78, 5) is 11.5. The maximum Gasteiger partial charge on any atom is 0.286 e. The number of amides is 1. The highest BCUT2D eigenvalue weighted by atomic mass is 32.1. The average molecular weight is 233 g/mol. The third-order valence-corrected chi connectivity index (χ3v) is 3.20. The lowest BCUT2D eigenvalue weighted by Crippen LogP contribution is -2.41. The lowest BCUT2D eigenvalue weighted by Gasteiger charge is -1.97. The molecule has 2 aromatic rings. The molecule has 0 spiro atoms. The van der Waals surface area contributed by atoms with Crippen molar-refractivity contribution in [3.8, 4) is 0 Å². The number of nitrogens with zero attached hydrogens (tertiary/aromatic N) is 1. The van der Waals surface area contributed by atoms with Crippen molar-refractivity contribution in [2.75, 3.05) is 6.54 Å². The van der Waals surface area contributed by atoms with E-state index in [9.17, 15) is 4.79 Å². The minimum atomic E-state index is 0.00783. The molecule has 0 radical (unpaired) electrons. The number of hydrogen-bond acceptors (Lipinski definition) is 2. The van der Waals surface area contributed by atoms with Gasteiger partial charge in [-0.2, -0.15) is 4.57 Å². The number of para-hydroxylation sites is 1. The van der Waals surface area contributed by atoms with Gasteiger partial charge in [0.25, 0.3) is 5.91 Å². The second-order valence-electron chi connectivity index (χ2n) is 3.41. The van der Waals surface area contributed by atoms with Crippen LogP contribution in [-0.2, 0) is 11.3 Å². The summed E-state index contributed by atoms with van der Waals surface area (Å²) in [5.41, 5.74) is 3.07. The SMILES string of the molecule is C=CCNC(=O)C[n+]1csc2ccccc21. The van der Waals surface area contributed by atoms with E-state index >= 15 is 0 Å². The summed E-state index contributed by atoms with van der Waals surface area (Å²) in [6.07, 6.45) is 1.67. The van der Waals surface area contributed by atoms with E-state index in [0.29, 0.717) is 13.1 Å². The number of nitrogens with one attached hydrogen (secondary N) is 1. The van der Waals surface area contributed by atoms with Crippen molar-refractivity contribution < 1.29 is 9.36 Å². The molecule has 1 aromatic heterocycles. The first-order valence-corrected chi connectivity index (χ1v) is 5.92. The second-order valence-corrected chi connectivity index (χ2v) is 4.30. The number of carbonyl (C=O) groups is 1. The number of thiazole rings is 1. The maximum absolute atomic E-state index is 11.5. The van der Waals surface area contributed by atoms with E-state index in [2.05, 4.69) is 18.0 Å². The lowest BCUT2D eigenvalue weighted by atomic mass is 10.3. The van der Waals surface area contributed by atoms with Crippen molar-refractivity contribution in [1.82, 2.24) is 5.32 Å². The third kappa shape index (κ3) is 2.28. The van der Waals surface area contributed by atoms with Gasteiger partial charge in [-0.05, 0) is 6.07 Å². The fourth-order valence-corrected chi connectivity index (χ4v) is 2.38. The number of aromatic nitrogens is 1. The summed E-state index contributed by atoms with van der Waals surface area (Å²) in [7, 11) is 0. The van der Waals surface area contributed by atoms with Crippen LogP contribution in [0.2, 0.25) is 0 Å². The fraction of sp³-hybridized carbons (Fsp3) is 0.167. The minimum absolute atomic E-state index is 0.00783. The zero-order valence-electron chi connectivity index (χ0n) is 8.85. The summed E-state index contributed by atoms with van der Waals surface area (Å²) in [5.74, 6) is 0.00783. The molecular formula is C12H13N2OS+. The molecule has 0 atom stereocenters. The van der Waals surface area contributed by atoms with Crippen molar-refractivity contribution in [3.63, 3.8) is 0 Å². The quantitative estimate of drug-likeness (QED) is 0.630. The van der Waals surface area contributed by atoms with Crippen LogP contribution in [0.25, 0.3) is 10.2 Å². The Balaban J connectivity index is 2.15. The molecule has 3 nitrogen and oxygen atoms in total. The van der Waals surface area contributed by atoms with Crippen molar-refractivity contribution in [1.29, 1.82) is 0 Å². The summed E-state index contributed by atoms with van der Waals surface area (Å²) >= 11 is 1.64. The Morgan fingerprint density at radius 3 is 3.12 bits per heavy atom. The number of benzene rings is 1. The van der Waals surface area contributed by atoms with Gasteiger partial charge in [-0.1, -0.05) is 29.5 Å². The van der Waals surface area contributed by atoms with Crippen LogP contribution in [0.1, 0.15) is 0 Å². The molecule has 0 aliphatic rings. The minimum Gasteiger partial charge on any atom is -0.347 e. The Labute approximate surface area is 98.0 Å². The molecule has 1 aromatic carbocycles. The first-order valence-electron chi connectivity index (χ1n) is 5.04. The second kappa shape index (κ2) is 4.90. The molecule has 2 rings (SSSR count). The summed E-state index contributed by atoms with van der Waals surface area (Å²) in [6, 6.07) is 8.05. The zero-order chi connectivity index (χ0) is 11.4. The van der Waals surface area contributed by atoms with Crippen molar-refractivity contribution in [2.45, 2.75) is 6.54 Å². The summed E-state index contributed by atoms with van der Waals surface area (Å²) in [6.45, 7) is 4.43. The molecule has 1 N–H and O–H groups in total. The zero-order valence-corrected chi connectivity index (χ0v) is 9.67. The lowest BCUT2D eigenvalue weighted by molar-refractivity contribution is -0.654. The molecule has 1 amide bonds. The van der Waals surface area contributed by atoms with E-state index in [-0.39, 0.29) is 5.91 Å². The van der Waals surface area contributed by atoms with Crippen LogP contribution in [0.3, 0.4) is 0 Å². The highest BCUT2D eigenvalue weighted by Crippen LogP contribution is 2.14. The Morgan fingerprint density at radius 1 is 1.50 bits per heavy atom. The van der Waals surface area contributed by atoms with E-state index in [0.717, 1.165) is 5.52 Å². The van der Waals surface area contributed by atoms with Crippen LogP contribution in [0, 0.1) is 0 Å². The summed E-state index contributed by atoms with van der Waals surface area (Å²) < 4.78 is 3.15. The summed E-state index contributed by atoms with van der Waals surface area (Å²) in [5, 5.41) is 2.76. The highest BCUT2D eigenvalue weighted by Gasteiger charge is 2.14. The Hall–Kier alpha value is -1.68. The van der Waals surface area contributed by atoms with Crippen molar-refractivity contribution >= 4 is 27.5 Å². The van der Waals surface area contributed by atoms with Gasteiger partial charge in [0.05, 0.1) is 0 Å². The first kappa shape index (κ1) is 10.8. The Bertz CT molecular complexity index is 518. The molecule has 0 unspecified atom stereocenters. The largest absolute Gasteiger partial charge is 0.347 e. The van der Waals surface area contributed by atoms with E-state index in [1.165, 1.54) is 4.70 Å². The van der Waals surface area contributed by atoms with Gasteiger partial charge in [-0.25, -0.2) is 0 Å². The van der Waals surface area contributed by atoms with E-state index < -0.39 is 0 Å². The van der Waals surface area contributed by atoms with Crippen LogP contribution < -0.4 is 9.88 Å². The van der Waals surface area contributed by atoms with E-state index in [1.54, 1.807) is 17.4 Å². The van der Waals surface area contributed by atoms with Gasteiger partial charge < -0.3 is 5.32 Å². The Kier molecular flexibility index (Phi) is 3.31. The molecule has 82 valence electrons. The smallest absolute Gasteiger partial charge is 0.286 e. The molecule has 0 fully saturated rings. The average Bonchev–Trinajstić information content (AvgIpc) is 2.70. The maximum atomic E-state index is 11.5. The van der Waals surface area contributed by atoms with Crippen LogP contribution >= 0.6 is 11.3 Å². The molecule has 0 bridgehead atoms. The molecule has 4 heteroatoms. The molecule has 0 aliphatic heterocycles. The number of hydrogen-bond donors (Lipinski definition) is 1. The van der Waals surface area contributed by atoms with Gasteiger partial charge in [-0.3, -0.25) is 4.79 Å². The molecule has 16 heavy (non-hydrogen) atoms. The van der Waals surface area contributed by atoms with Crippen LogP contribution in [0.4, 0.5) is 0 Å². The standard InChI is InChI=1S/C12H12N2OS/c1-2-7-13-12(15)8-14-9-16-11-6-4-3-5-10(11)14/h2-6,9H,1,7-8H2/p+1. The molecule has 0 saturated heterocycles. The van der Waals surface area contributed by atoms with Crippen LogP contribution in [-0.4, -0.2) is 12.5 Å².